The number of benzene rings is 1. The number of amides is 1. The zero-order chi connectivity index (χ0) is 86.0. The normalized spacial score (nSPS) is 50.6. The van der Waals surface area contributed by atoms with E-state index < -0.39 is 322 Å². The largest absolute Gasteiger partial charge is 0.507 e. The molecule has 21 N–H and O–H groups in total. The number of phenols is 1. The Morgan fingerprint density at radius 1 is 0.500 bits per heavy atom. The molecular weight excluding hydrogens is 1570 g/mol. The summed E-state index contributed by atoms with van der Waals surface area (Å²) < 4.78 is 91.9. The second-order valence-electron chi connectivity index (χ2n) is 36.5. The van der Waals surface area contributed by atoms with Crippen LogP contribution in [0.1, 0.15) is 131 Å². The van der Waals surface area contributed by atoms with Gasteiger partial charge in [-0.05, 0) is 110 Å². The van der Waals surface area contributed by atoms with Crippen LogP contribution in [0.2, 0.25) is 0 Å². The molecule has 11 fully saturated rings. The minimum absolute atomic E-state index is 0.0376. The van der Waals surface area contributed by atoms with E-state index in [1.807, 2.05) is 13.8 Å². The Labute approximate surface area is 680 Å². The summed E-state index contributed by atoms with van der Waals surface area (Å²) in [7, 11) is 0. The summed E-state index contributed by atoms with van der Waals surface area (Å²) in [4.78, 5) is 43.8. The SMILES string of the molecule is CC(=O)N[C@H]1[C@H](O[C@H]2CC[C@]3(C)[C@H]4CC=C5[C@@H]6CC(C)(C)[C@@H](OC(=O)c7ccccc7O)C[C@]6(C(=O)O[C@@H]6O[C@H](CO)[C@@H](O)[C@H](O)[C@H]6O[C@@H]6O[C@@H](C)[C@H](O[C@@H]7O[C@@H](CO)[C@H](O)[C@H]7O)[C@@H](O[C@@H]7O[C@H](CO)[C@@H](O)[C@H](O)[C@H]7O)[C@H]6O)[C@H](O)C[C@@]5(C)[C@]4(C)CC[C@H]3C2(C)C)O[C@H](CO[C@@H]2O[C@H](C)[C@H](O)[C@H](O)[C@H]2O[C@@H]2OC[C@@H](O)[C@H](O)[C@H]2O)[C@@H](O)[C@@H]1O. The molecule has 0 radical (unpaired) electrons. The van der Waals surface area contributed by atoms with E-state index in [1.54, 1.807) is 0 Å². The molecule has 13 rings (SSSR count). The molecule has 39 heteroatoms. The summed E-state index contributed by atoms with van der Waals surface area (Å²) in [5.74, 6) is -4.36. The van der Waals surface area contributed by atoms with Crippen LogP contribution in [0.25, 0.3) is 0 Å². The van der Waals surface area contributed by atoms with Crippen LogP contribution in [0.4, 0.5) is 0 Å². The molecule has 7 aliphatic heterocycles. The highest BCUT2D eigenvalue weighted by Gasteiger charge is 2.74. The zero-order valence-corrected chi connectivity index (χ0v) is 67.4. The number of phenolic OH excluding ortho intramolecular Hbond substituents is 1. The molecule has 1 aromatic carbocycles. The first kappa shape index (κ1) is 91.6. The summed E-state index contributed by atoms with van der Waals surface area (Å²) in [5, 5.41) is 226. The van der Waals surface area contributed by atoms with Crippen molar-refractivity contribution in [2.45, 2.75) is 342 Å². The Hall–Kier alpha value is -4.11. The van der Waals surface area contributed by atoms with Crippen LogP contribution in [-0.4, -0.2) is 374 Å². The van der Waals surface area contributed by atoms with Crippen molar-refractivity contribution in [2.24, 2.45) is 50.2 Å². The van der Waals surface area contributed by atoms with E-state index in [2.05, 4.69) is 46.0 Å². The topological polar surface area (TPSA) is 606 Å². The van der Waals surface area contributed by atoms with Crippen molar-refractivity contribution in [3.8, 4) is 5.75 Å². The Kier molecular flexibility index (Phi) is 27.2. The van der Waals surface area contributed by atoms with Gasteiger partial charge in [-0.3, -0.25) is 9.59 Å². The van der Waals surface area contributed by atoms with Gasteiger partial charge in [0.25, 0.3) is 0 Å². The fraction of sp³-hybridized carbons (Fsp3) is 0.861. The van der Waals surface area contributed by atoms with Gasteiger partial charge in [-0.2, -0.15) is 0 Å². The van der Waals surface area contributed by atoms with Gasteiger partial charge >= 0.3 is 11.9 Å². The molecule has 4 saturated carbocycles. The van der Waals surface area contributed by atoms with Crippen LogP contribution in [0, 0.1) is 50.2 Å². The highest BCUT2D eigenvalue weighted by Crippen LogP contribution is 2.76. The smallest absolute Gasteiger partial charge is 0.342 e. The van der Waals surface area contributed by atoms with E-state index >= 15 is 4.79 Å². The molecule has 0 bridgehead atoms. The van der Waals surface area contributed by atoms with Crippen molar-refractivity contribution < 1.29 is 188 Å². The summed E-state index contributed by atoms with van der Waals surface area (Å²) in [5.41, 5.74) is -5.43. The number of aliphatic hydroxyl groups excluding tert-OH is 19. The Morgan fingerprint density at radius 2 is 1.04 bits per heavy atom. The minimum Gasteiger partial charge on any atom is -0.507 e. The van der Waals surface area contributed by atoms with Gasteiger partial charge in [-0.1, -0.05) is 72.2 Å². The second kappa shape index (κ2) is 35.0. The van der Waals surface area contributed by atoms with Gasteiger partial charge in [0, 0.05) is 18.8 Å². The number of fused-ring (bicyclic) bond motifs is 7. The van der Waals surface area contributed by atoms with Crippen molar-refractivity contribution in [3.63, 3.8) is 0 Å². The molecule has 0 unspecified atom stereocenters. The van der Waals surface area contributed by atoms with E-state index in [9.17, 15) is 112 Å². The Morgan fingerprint density at radius 3 is 1.69 bits per heavy atom. The average Bonchev–Trinajstić information content (AvgIpc) is 0.845. The molecule has 1 amide bonds. The maximum Gasteiger partial charge on any atom is 0.342 e. The number of hydrogen-bond acceptors (Lipinski definition) is 38. The molecule has 1 aromatic rings. The lowest BCUT2D eigenvalue weighted by Crippen LogP contribution is -2.70. The molecule has 12 aliphatic rings. The number of aromatic hydroxyl groups is 1. The third-order valence-corrected chi connectivity index (χ3v) is 28.9. The number of allylic oxidation sites excluding steroid dienone is 2. The first-order chi connectivity index (χ1) is 55.4. The fourth-order valence-corrected chi connectivity index (χ4v) is 21.8. The molecule has 118 heavy (non-hydrogen) atoms. The quantitative estimate of drug-likeness (QED) is 0.0310. The summed E-state index contributed by atoms with van der Waals surface area (Å²) >= 11 is 0. The molecular formula is C79H121NO38. The van der Waals surface area contributed by atoms with Crippen LogP contribution in [-0.2, 0) is 80.6 Å². The molecule has 0 aromatic heterocycles. The first-order valence-corrected chi connectivity index (χ1v) is 40.8. The second-order valence-corrected chi connectivity index (χ2v) is 36.5. The number of hydrogen-bond donors (Lipinski definition) is 21. The van der Waals surface area contributed by atoms with Crippen LogP contribution in [0.3, 0.4) is 0 Å². The number of esters is 2. The van der Waals surface area contributed by atoms with Gasteiger partial charge in [0.15, 0.2) is 43.8 Å². The van der Waals surface area contributed by atoms with E-state index in [0.29, 0.717) is 32.1 Å². The highest BCUT2D eigenvalue weighted by atomic mass is 16.8. The molecule has 7 heterocycles. The van der Waals surface area contributed by atoms with Crippen LogP contribution in [0.15, 0.2) is 35.9 Å². The summed E-state index contributed by atoms with van der Waals surface area (Å²) in [6.07, 6.45) is -55.7. The molecule has 670 valence electrons. The monoisotopic (exact) mass is 1690 g/mol. The van der Waals surface area contributed by atoms with Crippen molar-refractivity contribution in [1.82, 2.24) is 5.32 Å². The lowest BCUT2D eigenvalue weighted by molar-refractivity contribution is -0.390. The number of para-hydroxylation sites is 1. The van der Waals surface area contributed by atoms with Gasteiger partial charge in [0.2, 0.25) is 12.2 Å². The van der Waals surface area contributed by atoms with Gasteiger partial charge in [-0.25, -0.2) is 4.79 Å². The van der Waals surface area contributed by atoms with Gasteiger partial charge in [-0.15, -0.1) is 0 Å². The van der Waals surface area contributed by atoms with Crippen molar-refractivity contribution in [3.05, 3.63) is 41.5 Å². The fourth-order valence-electron chi connectivity index (χ4n) is 21.8. The minimum atomic E-state index is -2.23. The molecule has 5 aliphatic carbocycles. The molecule has 43 atom stereocenters. The third-order valence-electron chi connectivity index (χ3n) is 28.9. The molecule has 0 spiro atoms. The number of carbonyl (C=O) groups is 3. The van der Waals surface area contributed by atoms with E-state index in [1.165, 1.54) is 45.0 Å². The Bertz CT molecular complexity index is 3670. The number of carbonyl (C=O) groups excluding carboxylic acids is 3. The number of rotatable bonds is 21. The van der Waals surface area contributed by atoms with E-state index in [-0.39, 0.29) is 30.2 Å². The standard InChI is InChI=1S/C79H121NO38/c1-29-47(88)55(96)63(116-67-57(98)48(89)36(86)27-104-67)71(106-29)105-28-40-52(93)53(94)46(80-31(3)84)66(111-40)113-44-18-19-76(8)41(75(44,6)7)17-20-77(9)42(76)16-15-33-34-21-74(4,5)45(112-65(102)32-13-11-12-14-35(32)85)23-79(34,43(87)22-78(33,77)10)73(103)118-72-64(56(97)50(91)38(25-82)110-72)117-70-60(101)62(115-69-59(100)54(95)49(90)37(24-81)108-69)61(30(2)107-70)114-68-58(99)51(92)39(26-83)109-68/h11-15,29-30,34,36-64,66-72,81-83,85-101H,16-28H2,1-10H3,(H,80,84)/t29-,30+,34+,36-,37-,38-,39+,40-,41+,42-,43-,44+,45+,46-,47+,48+,49-,50-,51+,52-,53-,54+,55+,56+,57-,58-,59-,60-,61+,62+,63-,64-,66+,67+,68+,69+,70+,71-,72+,76+,77-,78-,79-/m1/s1. The van der Waals surface area contributed by atoms with E-state index in [0.717, 1.165) is 5.57 Å². The number of aliphatic hydroxyl groups is 19. The van der Waals surface area contributed by atoms with Gasteiger partial charge in [0.1, 0.15) is 163 Å². The van der Waals surface area contributed by atoms with Crippen LogP contribution >= 0.6 is 0 Å². The molecule has 7 saturated heterocycles. The van der Waals surface area contributed by atoms with Crippen molar-refractivity contribution in [2.75, 3.05) is 33.0 Å². The number of nitrogens with one attached hydrogen (secondary N) is 1. The molecule has 39 nitrogen and oxygen atoms in total. The average molecular weight is 1690 g/mol. The summed E-state index contributed by atoms with van der Waals surface area (Å²) in [6.45, 7) is 14.6. The maximum absolute atomic E-state index is 16.5. The van der Waals surface area contributed by atoms with Crippen molar-refractivity contribution in [1.29, 1.82) is 0 Å². The van der Waals surface area contributed by atoms with Crippen LogP contribution < -0.4 is 5.32 Å². The van der Waals surface area contributed by atoms with Crippen molar-refractivity contribution >= 4 is 17.8 Å². The third kappa shape index (κ3) is 16.1. The summed E-state index contributed by atoms with van der Waals surface area (Å²) in [6, 6.07) is 4.33. The predicted molar refractivity (Wildman–Crippen MR) is 392 cm³/mol. The highest BCUT2D eigenvalue weighted by molar-refractivity contribution is 5.92. The first-order valence-electron chi connectivity index (χ1n) is 40.8. The van der Waals surface area contributed by atoms with E-state index in [4.69, 9.17) is 71.1 Å². The Balaban J connectivity index is 0.783. The lowest BCUT2D eigenvalue weighted by Gasteiger charge is -2.72. The maximum atomic E-state index is 16.5. The number of ether oxygens (including phenoxy) is 15. The van der Waals surface area contributed by atoms with Gasteiger partial charge in [0.05, 0.1) is 57.5 Å². The predicted octanol–water partition coefficient (Wildman–Crippen LogP) is -5.57. The lowest BCUT2D eigenvalue weighted by atomic mass is 9.33. The zero-order valence-electron chi connectivity index (χ0n) is 67.4. The van der Waals surface area contributed by atoms with Crippen LogP contribution in [0.5, 0.6) is 5.75 Å². The van der Waals surface area contributed by atoms with Gasteiger partial charge < -0.3 is 179 Å².